The Labute approximate surface area is 97.6 Å². The van der Waals surface area contributed by atoms with Gasteiger partial charge < -0.3 is 10.2 Å². The minimum absolute atomic E-state index is 0.0323. The van der Waals surface area contributed by atoms with Gasteiger partial charge >= 0.3 is 0 Å². The normalized spacial score (nSPS) is 12.4. The van der Waals surface area contributed by atoms with E-state index in [9.17, 15) is 4.79 Å². The number of carbonyl (C=O) groups excluding carboxylic acids is 1. The molecule has 2 rings (SSSR count). The molecule has 2 aromatic heterocycles. The van der Waals surface area contributed by atoms with Crippen LogP contribution in [0.2, 0.25) is 0 Å². The highest BCUT2D eigenvalue weighted by molar-refractivity contribution is 5.83. The molecular formula is C9H13N7O. The molecule has 2 aromatic rings. The Morgan fingerprint density at radius 2 is 2.24 bits per heavy atom. The van der Waals surface area contributed by atoms with Crippen LogP contribution in [0.5, 0.6) is 0 Å². The van der Waals surface area contributed by atoms with Gasteiger partial charge in [0.1, 0.15) is 6.04 Å². The lowest BCUT2D eigenvalue weighted by Gasteiger charge is -2.18. The molecule has 0 saturated carbocycles. The lowest BCUT2D eigenvalue weighted by atomic mass is 10.3. The van der Waals surface area contributed by atoms with Crippen LogP contribution in [0.3, 0.4) is 0 Å². The SMILES string of the molecule is CC(Nc1cncc2nnnn12)C(=O)N(C)C. The summed E-state index contributed by atoms with van der Waals surface area (Å²) in [6, 6.07) is -0.374. The maximum atomic E-state index is 11.7. The van der Waals surface area contributed by atoms with Gasteiger partial charge in [-0.1, -0.05) is 0 Å². The molecule has 0 saturated heterocycles. The number of tetrazole rings is 1. The van der Waals surface area contributed by atoms with E-state index in [0.29, 0.717) is 11.5 Å². The molecule has 8 heteroatoms. The van der Waals surface area contributed by atoms with Crippen LogP contribution in [0.15, 0.2) is 12.4 Å². The van der Waals surface area contributed by atoms with Gasteiger partial charge in [0.15, 0.2) is 11.5 Å². The molecule has 17 heavy (non-hydrogen) atoms. The summed E-state index contributed by atoms with van der Waals surface area (Å²) in [5.74, 6) is 0.547. The number of amides is 1. The van der Waals surface area contributed by atoms with Gasteiger partial charge in [0.2, 0.25) is 5.91 Å². The molecule has 0 aliphatic rings. The van der Waals surface area contributed by atoms with E-state index in [1.54, 1.807) is 33.4 Å². The summed E-state index contributed by atoms with van der Waals surface area (Å²) in [6.45, 7) is 1.77. The summed E-state index contributed by atoms with van der Waals surface area (Å²) < 4.78 is 1.49. The van der Waals surface area contributed by atoms with Gasteiger partial charge in [-0.3, -0.25) is 9.78 Å². The van der Waals surface area contributed by atoms with Crippen molar-refractivity contribution in [2.75, 3.05) is 19.4 Å². The van der Waals surface area contributed by atoms with Crippen molar-refractivity contribution in [1.82, 2.24) is 29.9 Å². The number of nitrogens with one attached hydrogen (secondary N) is 1. The van der Waals surface area contributed by atoms with E-state index in [1.165, 1.54) is 9.42 Å². The predicted molar refractivity (Wildman–Crippen MR) is 60.4 cm³/mol. The molecule has 0 fully saturated rings. The largest absolute Gasteiger partial charge is 0.357 e. The number of nitrogens with zero attached hydrogens (tertiary/aromatic N) is 6. The molecule has 1 N–H and O–H groups in total. The Bertz CT molecular complexity index is 535. The standard InChI is InChI=1S/C9H13N7O/c1-6(9(17)15(2)3)11-7-4-10-5-8-12-13-14-16(7)8/h4-6,11H,1-3H3. The maximum Gasteiger partial charge on any atom is 0.244 e. The van der Waals surface area contributed by atoms with Crippen molar-refractivity contribution in [1.29, 1.82) is 0 Å². The summed E-state index contributed by atoms with van der Waals surface area (Å²) in [4.78, 5) is 17.2. The second kappa shape index (κ2) is 4.32. The quantitative estimate of drug-likeness (QED) is 0.764. The second-order valence-corrected chi connectivity index (χ2v) is 3.84. The summed E-state index contributed by atoms with van der Waals surface area (Å²) in [6.07, 6.45) is 3.12. The molecule has 0 aliphatic carbocycles. The number of likely N-dealkylation sites (N-methyl/N-ethyl adjacent to an activating group) is 1. The third kappa shape index (κ3) is 2.14. The summed E-state index contributed by atoms with van der Waals surface area (Å²) in [7, 11) is 3.41. The van der Waals surface area contributed by atoms with Gasteiger partial charge in [-0.25, -0.2) is 0 Å². The zero-order valence-corrected chi connectivity index (χ0v) is 9.82. The molecule has 0 aromatic carbocycles. The molecule has 1 amide bonds. The zero-order valence-electron chi connectivity index (χ0n) is 9.82. The van der Waals surface area contributed by atoms with Crippen LogP contribution >= 0.6 is 0 Å². The number of carbonyl (C=O) groups is 1. The highest BCUT2D eigenvalue weighted by atomic mass is 16.2. The Hall–Kier alpha value is -2.25. The average molecular weight is 235 g/mol. The van der Waals surface area contributed by atoms with Gasteiger partial charge in [0, 0.05) is 14.1 Å². The first-order chi connectivity index (χ1) is 8.09. The first kappa shape index (κ1) is 11.2. The van der Waals surface area contributed by atoms with Gasteiger partial charge in [0.05, 0.1) is 12.4 Å². The summed E-state index contributed by atoms with van der Waals surface area (Å²) >= 11 is 0. The number of anilines is 1. The number of aromatic nitrogens is 5. The molecule has 0 aliphatic heterocycles. The average Bonchev–Trinajstić information content (AvgIpc) is 2.76. The minimum Gasteiger partial charge on any atom is -0.357 e. The Kier molecular flexibility index (Phi) is 2.86. The van der Waals surface area contributed by atoms with Crippen molar-refractivity contribution in [3.8, 4) is 0 Å². The zero-order chi connectivity index (χ0) is 12.4. The van der Waals surface area contributed by atoms with Gasteiger partial charge in [-0.2, -0.15) is 4.52 Å². The first-order valence-corrected chi connectivity index (χ1v) is 5.09. The lowest BCUT2D eigenvalue weighted by molar-refractivity contribution is -0.129. The molecule has 1 atom stereocenters. The fourth-order valence-corrected chi connectivity index (χ4v) is 1.44. The number of rotatable bonds is 3. The second-order valence-electron chi connectivity index (χ2n) is 3.84. The highest BCUT2D eigenvalue weighted by Gasteiger charge is 2.16. The third-order valence-corrected chi connectivity index (χ3v) is 2.28. The molecule has 2 heterocycles. The molecule has 90 valence electrons. The van der Waals surface area contributed by atoms with Crippen LogP contribution in [-0.2, 0) is 4.79 Å². The van der Waals surface area contributed by atoms with Gasteiger partial charge in [0.25, 0.3) is 0 Å². The fourth-order valence-electron chi connectivity index (χ4n) is 1.44. The van der Waals surface area contributed by atoms with Crippen LogP contribution in [-0.4, -0.2) is 56.0 Å². The van der Waals surface area contributed by atoms with Crippen molar-refractivity contribution in [3.05, 3.63) is 12.4 Å². The molecule has 0 bridgehead atoms. The number of hydrogen-bond donors (Lipinski definition) is 1. The molecular weight excluding hydrogens is 222 g/mol. The molecule has 0 radical (unpaired) electrons. The maximum absolute atomic E-state index is 11.7. The van der Waals surface area contributed by atoms with Gasteiger partial charge in [-0.05, 0) is 17.4 Å². The van der Waals surface area contributed by atoms with Crippen molar-refractivity contribution in [2.45, 2.75) is 13.0 Å². The Balaban J connectivity index is 2.24. The van der Waals surface area contributed by atoms with E-state index in [0.717, 1.165) is 0 Å². The summed E-state index contributed by atoms with van der Waals surface area (Å²) in [5, 5.41) is 14.1. The van der Waals surface area contributed by atoms with Crippen molar-refractivity contribution >= 4 is 17.4 Å². The number of fused-ring (bicyclic) bond motifs is 1. The van der Waals surface area contributed by atoms with Gasteiger partial charge in [-0.15, -0.1) is 5.10 Å². The van der Waals surface area contributed by atoms with E-state index in [4.69, 9.17) is 0 Å². The topological polar surface area (TPSA) is 88.3 Å². The number of hydrogen-bond acceptors (Lipinski definition) is 6. The van der Waals surface area contributed by atoms with Crippen LogP contribution in [0, 0.1) is 0 Å². The first-order valence-electron chi connectivity index (χ1n) is 5.09. The van der Waals surface area contributed by atoms with E-state index in [-0.39, 0.29) is 11.9 Å². The lowest BCUT2D eigenvalue weighted by Crippen LogP contribution is -2.37. The fraction of sp³-hybridized carbons (Fsp3) is 0.444. The van der Waals surface area contributed by atoms with E-state index in [1.807, 2.05) is 0 Å². The van der Waals surface area contributed by atoms with Crippen molar-refractivity contribution in [3.63, 3.8) is 0 Å². The van der Waals surface area contributed by atoms with Crippen LogP contribution < -0.4 is 5.32 Å². The van der Waals surface area contributed by atoms with E-state index >= 15 is 0 Å². The smallest absolute Gasteiger partial charge is 0.244 e. The van der Waals surface area contributed by atoms with E-state index in [2.05, 4.69) is 25.8 Å². The molecule has 1 unspecified atom stereocenters. The summed E-state index contributed by atoms with van der Waals surface area (Å²) in [5.41, 5.74) is 0.527. The highest BCUT2D eigenvalue weighted by Crippen LogP contribution is 2.08. The van der Waals surface area contributed by atoms with Crippen molar-refractivity contribution in [2.24, 2.45) is 0 Å². The monoisotopic (exact) mass is 235 g/mol. The predicted octanol–water partition coefficient (Wildman–Crippen LogP) is -0.592. The molecule has 0 spiro atoms. The van der Waals surface area contributed by atoms with Crippen molar-refractivity contribution < 1.29 is 4.79 Å². The van der Waals surface area contributed by atoms with Crippen LogP contribution in [0.25, 0.3) is 5.65 Å². The van der Waals surface area contributed by atoms with E-state index < -0.39 is 0 Å². The molecule has 8 nitrogen and oxygen atoms in total. The third-order valence-electron chi connectivity index (χ3n) is 2.28. The Morgan fingerprint density at radius 3 is 2.94 bits per heavy atom. The Morgan fingerprint density at radius 1 is 1.47 bits per heavy atom. The van der Waals surface area contributed by atoms with Crippen LogP contribution in [0.1, 0.15) is 6.92 Å². The minimum atomic E-state index is -0.374. The van der Waals surface area contributed by atoms with Crippen LogP contribution in [0.4, 0.5) is 5.82 Å².